The number of carbonyl (C=O) groups excluding carboxylic acids is 1. The Morgan fingerprint density at radius 2 is 1.85 bits per heavy atom. The minimum atomic E-state index is -0.425. The number of anilines is 1. The fourth-order valence-electron chi connectivity index (χ4n) is 3.93. The van der Waals surface area contributed by atoms with Crippen LogP contribution < -0.4 is 10.2 Å². The predicted molar refractivity (Wildman–Crippen MR) is 121 cm³/mol. The third kappa shape index (κ3) is 4.22. The molecule has 0 unspecified atom stereocenters. The Hall–Kier alpha value is -3.98. The van der Waals surface area contributed by atoms with Gasteiger partial charge in [-0.05, 0) is 30.3 Å². The summed E-state index contributed by atoms with van der Waals surface area (Å²) in [5.41, 5.74) is 1.52. The molecule has 1 aliphatic rings. The van der Waals surface area contributed by atoms with Crippen molar-refractivity contribution < 1.29 is 13.9 Å². The molecule has 5 rings (SSSR count). The van der Waals surface area contributed by atoms with Crippen molar-refractivity contribution in [2.75, 3.05) is 31.2 Å². The summed E-state index contributed by atoms with van der Waals surface area (Å²) >= 11 is 0. The van der Waals surface area contributed by atoms with Gasteiger partial charge in [0.05, 0.1) is 19.4 Å². The standard InChI is InChI=1S/C24H23FN6O2/c25-20-7-1-2-8-21(20)31-24(30-10-3-4-11-30)19(17-28-31)23(32)27-16-18-6-5-9-26-22(18)29-12-14-33-15-13-29/h1-11,17H,12-16H2,(H,27,32). The van der Waals surface area contributed by atoms with Gasteiger partial charge in [0.25, 0.3) is 5.91 Å². The summed E-state index contributed by atoms with van der Waals surface area (Å²) in [6.07, 6.45) is 6.80. The molecule has 1 aliphatic heterocycles. The average Bonchev–Trinajstić information content (AvgIpc) is 3.54. The number of carbonyl (C=O) groups is 1. The monoisotopic (exact) mass is 446 g/mol. The Balaban J connectivity index is 1.43. The number of para-hydroxylation sites is 1. The maximum atomic E-state index is 14.5. The van der Waals surface area contributed by atoms with Crippen molar-refractivity contribution in [1.29, 1.82) is 0 Å². The van der Waals surface area contributed by atoms with Crippen molar-refractivity contribution >= 4 is 11.7 Å². The van der Waals surface area contributed by atoms with Crippen LogP contribution in [0.3, 0.4) is 0 Å². The van der Waals surface area contributed by atoms with E-state index in [2.05, 4.69) is 20.3 Å². The Kier molecular flexibility index (Phi) is 5.86. The Morgan fingerprint density at radius 3 is 2.64 bits per heavy atom. The summed E-state index contributed by atoms with van der Waals surface area (Å²) in [5, 5.41) is 7.31. The van der Waals surface area contributed by atoms with E-state index < -0.39 is 5.82 Å². The number of pyridine rings is 1. The van der Waals surface area contributed by atoms with E-state index in [-0.39, 0.29) is 11.6 Å². The summed E-state index contributed by atoms with van der Waals surface area (Å²) in [6, 6.07) is 13.8. The first-order chi connectivity index (χ1) is 16.2. The minimum Gasteiger partial charge on any atom is -0.378 e. The van der Waals surface area contributed by atoms with Crippen LogP contribution in [0.15, 0.2) is 73.3 Å². The largest absolute Gasteiger partial charge is 0.378 e. The van der Waals surface area contributed by atoms with Crippen molar-refractivity contribution in [3.05, 3.63) is 90.3 Å². The molecule has 0 saturated carbocycles. The van der Waals surface area contributed by atoms with Crippen LogP contribution in [0.5, 0.6) is 0 Å². The molecule has 0 aliphatic carbocycles. The number of nitrogens with one attached hydrogen (secondary N) is 1. The van der Waals surface area contributed by atoms with Crippen molar-refractivity contribution in [1.82, 2.24) is 24.6 Å². The third-order valence-corrected chi connectivity index (χ3v) is 5.54. The first-order valence-corrected chi connectivity index (χ1v) is 10.7. The lowest BCUT2D eigenvalue weighted by atomic mass is 10.2. The number of ether oxygens (including phenoxy) is 1. The van der Waals surface area contributed by atoms with E-state index in [0.717, 1.165) is 24.5 Å². The molecule has 0 radical (unpaired) electrons. The van der Waals surface area contributed by atoms with Crippen LogP contribution in [0.4, 0.5) is 10.2 Å². The summed E-state index contributed by atoms with van der Waals surface area (Å²) in [7, 11) is 0. The molecular formula is C24H23FN6O2. The van der Waals surface area contributed by atoms with Gasteiger partial charge in [-0.15, -0.1) is 0 Å². The highest BCUT2D eigenvalue weighted by molar-refractivity contribution is 5.97. The van der Waals surface area contributed by atoms with E-state index in [1.807, 2.05) is 24.3 Å². The molecule has 8 nitrogen and oxygen atoms in total. The number of benzene rings is 1. The van der Waals surface area contributed by atoms with Crippen LogP contribution in [-0.4, -0.2) is 51.5 Å². The molecule has 3 aromatic heterocycles. The minimum absolute atomic E-state index is 0.266. The summed E-state index contributed by atoms with van der Waals surface area (Å²) in [5.74, 6) is 0.570. The number of amides is 1. The highest BCUT2D eigenvalue weighted by atomic mass is 19.1. The molecule has 33 heavy (non-hydrogen) atoms. The van der Waals surface area contributed by atoms with Crippen LogP contribution in [0.2, 0.25) is 0 Å². The zero-order chi connectivity index (χ0) is 22.6. The summed E-state index contributed by atoms with van der Waals surface area (Å²) in [6.45, 7) is 3.11. The van der Waals surface area contributed by atoms with Crippen molar-refractivity contribution in [2.45, 2.75) is 6.54 Å². The maximum absolute atomic E-state index is 14.5. The zero-order valence-corrected chi connectivity index (χ0v) is 17.9. The van der Waals surface area contributed by atoms with Gasteiger partial charge < -0.3 is 19.5 Å². The zero-order valence-electron chi connectivity index (χ0n) is 17.9. The third-order valence-electron chi connectivity index (χ3n) is 5.54. The smallest absolute Gasteiger partial charge is 0.256 e. The molecule has 0 atom stereocenters. The van der Waals surface area contributed by atoms with Gasteiger partial charge >= 0.3 is 0 Å². The molecule has 0 spiro atoms. The lowest BCUT2D eigenvalue weighted by molar-refractivity contribution is 0.0950. The van der Waals surface area contributed by atoms with Crippen molar-refractivity contribution in [3.8, 4) is 11.5 Å². The molecule has 9 heteroatoms. The highest BCUT2D eigenvalue weighted by Crippen LogP contribution is 2.23. The first-order valence-electron chi connectivity index (χ1n) is 10.7. The second kappa shape index (κ2) is 9.25. The Morgan fingerprint density at radius 1 is 1.06 bits per heavy atom. The fourth-order valence-corrected chi connectivity index (χ4v) is 3.93. The van der Waals surface area contributed by atoms with Gasteiger partial charge in [0, 0.05) is 43.8 Å². The molecule has 1 saturated heterocycles. The number of halogens is 1. The summed E-state index contributed by atoms with van der Waals surface area (Å²) < 4.78 is 23.1. The van der Waals surface area contributed by atoms with Crippen LogP contribution in [0.1, 0.15) is 15.9 Å². The summed E-state index contributed by atoms with van der Waals surface area (Å²) in [4.78, 5) is 19.9. The number of nitrogens with zero attached hydrogens (tertiary/aromatic N) is 5. The molecule has 1 fully saturated rings. The number of morpholine rings is 1. The molecule has 0 bridgehead atoms. The molecule has 4 heterocycles. The van der Waals surface area contributed by atoms with E-state index in [0.29, 0.717) is 31.1 Å². The predicted octanol–water partition coefficient (Wildman–Crippen LogP) is 2.96. The highest BCUT2D eigenvalue weighted by Gasteiger charge is 2.22. The molecule has 1 amide bonds. The molecule has 4 aromatic rings. The molecular weight excluding hydrogens is 423 g/mol. The Labute approximate surface area is 190 Å². The van der Waals surface area contributed by atoms with Crippen molar-refractivity contribution in [3.63, 3.8) is 0 Å². The topological polar surface area (TPSA) is 77.2 Å². The van der Waals surface area contributed by atoms with E-state index in [1.165, 1.54) is 16.9 Å². The quantitative estimate of drug-likeness (QED) is 0.493. The van der Waals surface area contributed by atoms with Crippen LogP contribution in [0, 0.1) is 5.82 Å². The van der Waals surface area contributed by atoms with E-state index in [9.17, 15) is 9.18 Å². The number of aromatic nitrogens is 4. The fraction of sp³-hybridized carbons (Fsp3) is 0.208. The SMILES string of the molecule is O=C(NCc1cccnc1N1CCOCC1)c1cnn(-c2ccccc2F)c1-n1cccc1. The van der Waals surface area contributed by atoms with E-state index in [4.69, 9.17) is 4.74 Å². The normalized spacial score (nSPS) is 13.8. The van der Waals surface area contributed by atoms with Gasteiger partial charge in [-0.1, -0.05) is 18.2 Å². The number of hydrogen-bond donors (Lipinski definition) is 1. The lowest BCUT2D eigenvalue weighted by Gasteiger charge is -2.29. The maximum Gasteiger partial charge on any atom is 0.256 e. The first kappa shape index (κ1) is 20.9. The second-order valence-electron chi connectivity index (χ2n) is 7.60. The van der Waals surface area contributed by atoms with E-state index >= 15 is 0 Å². The van der Waals surface area contributed by atoms with Gasteiger partial charge in [-0.25, -0.2) is 14.1 Å². The van der Waals surface area contributed by atoms with Gasteiger partial charge in [-0.3, -0.25) is 4.79 Å². The van der Waals surface area contributed by atoms with Crippen LogP contribution in [-0.2, 0) is 11.3 Å². The number of hydrogen-bond acceptors (Lipinski definition) is 5. The van der Waals surface area contributed by atoms with Gasteiger partial charge in [0.1, 0.15) is 22.9 Å². The second-order valence-corrected chi connectivity index (χ2v) is 7.60. The van der Waals surface area contributed by atoms with Gasteiger partial charge in [0.2, 0.25) is 0 Å². The van der Waals surface area contributed by atoms with Crippen LogP contribution >= 0.6 is 0 Å². The average molecular weight is 446 g/mol. The molecule has 1 N–H and O–H groups in total. The van der Waals surface area contributed by atoms with Crippen molar-refractivity contribution in [2.24, 2.45) is 0 Å². The molecule has 1 aromatic carbocycles. The van der Waals surface area contributed by atoms with Crippen LogP contribution in [0.25, 0.3) is 11.5 Å². The number of rotatable bonds is 6. The lowest BCUT2D eigenvalue weighted by Crippen LogP contribution is -2.37. The Bertz CT molecular complexity index is 1250. The molecule has 168 valence electrons. The van der Waals surface area contributed by atoms with Gasteiger partial charge in [-0.2, -0.15) is 5.10 Å². The van der Waals surface area contributed by atoms with Gasteiger partial charge in [0.15, 0.2) is 5.82 Å². The van der Waals surface area contributed by atoms with E-state index in [1.54, 1.807) is 41.4 Å².